The Morgan fingerprint density at radius 2 is 2.19 bits per heavy atom. The number of likely N-dealkylation sites (N-methyl/N-ethyl adjacent to an activating group) is 1. The van der Waals surface area contributed by atoms with Crippen LogP contribution in [0.1, 0.15) is 24.0 Å². The zero-order chi connectivity index (χ0) is 15.6. The summed E-state index contributed by atoms with van der Waals surface area (Å²) in [5.41, 5.74) is 5.65. The van der Waals surface area contributed by atoms with Crippen molar-refractivity contribution in [3.05, 3.63) is 29.3 Å². The van der Waals surface area contributed by atoms with E-state index in [0.717, 1.165) is 31.6 Å². The maximum absolute atomic E-state index is 12.8. The lowest BCUT2D eigenvalue weighted by Gasteiger charge is -2.25. The second-order valence-corrected chi connectivity index (χ2v) is 5.55. The fraction of sp³-hybridized carbons (Fsp3) is 0.500. The van der Waals surface area contributed by atoms with Gasteiger partial charge < -0.3 is 15.4 Å². The molecule has 0 aliphatic carbocycles. The standard InChI is InChI=1S/C14H17F3N2OS/c1-19(8-10-3-2-6-20-10)12-5-4-9(14(15,16)17)7-11(12)13(18)21/h4-5,7,10H,2-3,6,8H2,1H3,(H2,18,21). The molecule has 1 aliphatic rings. The molecule has 1 aromatic rings. The van der Waals surface area contributed by atoms with Crippen molar-refractivity contribution < 1.29 is 17.9 Å². The molecule has 1 atom stereocenters. The summed E-state index contributed by atoms with van der Waals surface area (Å²) in [5.74, 6) is 0. The molecule has 0 saturated carbocycles. The SMILES string of the molecule is CN(CC1CCCO1)c1ccc(C(F)(F)F)cc1C(N)=S. The minimum Gasteiger partial charge on any atom is -0.389 e. The summed E-state index contributed by atoms with van der Waals surface area (Å²) in [6.07, 6.45) is -2.36. The number of ether oxygens (including phenoxy) is 1. The third-order valence-corrected chi connectivity index (χ3v) is 3.72. The van der Waals surface area contributed by atoms with E-state index in [-0.39, 0.29) is 16.7 Å². The third-order valence-electron chi connectivity index (χ3n) is 3.50. The molecule has 1 aliphatic heterocycles. The predicted octanol–water partition coefficient (Wildman–Crippen LogP) is 2.95. The topological polar surface area (TPSA) is 38.5 Å². The number of anilines is 1. The first-order valence-corrected chi connectivity index (χ1v) is 7.03. The minimum atomic E-state index is -4.41. The molecule has 0 aromatic heterocycles. The zero-order valence-corrected chi connectivity index (χ0v) is 12.4. The quantitative estimate of drug-likeness (QED) is 0.866. The number of nitrogens with two attached hydrogens (primary N) is 1. The molecule has 1 unspecified atom stereocenters. The van der Waals surface area contributed by atoms with E-state index in [2.05, 4.69) is 0 Å². The molecule has 1 fully saturated rings. The molecule has 21 heavy (non-hydrogen) atoms. The van der Waals surface area contributed by atoms with Gasteiger partial charge in [0.15, 0.2) is 0 Å². The largest absolute Gasteiger partial charge is 0.416 e. The van der Waals surface area contributed by atoms with E-state index in [4.69, 9.17) is 22.7 Å². The van der Waals surface area contributed by atoms with Crippen LogP contribution in [0.25, 0.3) is 0 Å². The smallest absolute Gasteiger partial charge is 0.389 e. The molecule has 0 bridgehead atoms. The van der Waals surface area contributed by atoms with Gasteiger partial charge in [0.2, 0.25) is 0 Å². The lowest BCUT2D eigenvalue weighted by Crippen LogP contribution is -2.30. The zero-order valence-electron chi connectivity index (χ0n) is 11.6. The van der Waals surface area contributed by atoms with Crippen molar-refractivity contribution in [2.24, 2.45) is 5.73 Å². The lowest BCUT2D eigenvalue weighted by molar-refractivity contribution is -0.137. The molecule has 2 rings (SSSR count). The van der Waals surface area contributed by atoms with Crippen molar-refractivity contribution >= 4 is 22.9 Å². The molecule has 0 amide bonds. The van der Waals surface area contributed by atoms with Gasteiger partial charge in [0.1, 0.15) is 4.99 Å². The first-order valence-electron chi connectivity index (χ1n) is 6.63. The number of benzene rings is 1. The van der Waals surface area contributed by atoms with Gasteiger partial charge in [0.05, 0.1) is 11.7 Å². The van der Waals surface area contributed by atoms with Gasteiger partial charge in [-0.05, 0) is 31.0 Å². The predicted molar refractivity (Wildman–Crippen MR) is 79.6 cm³/mol. The fourth-order valence-corrected chi connectivity index (χ4v) is 2.60. The lowest BCUT2D eigenvalue weighted by atomic mass is 10.1. The van der Waals surface area contributed by atoms with Crippen LogP contribution in [0.15, 0.2) is 18.2 Å². The van der Waals surface area contributed by atoms with Crippen molar-refractivity contribution in [1.29, 1.82) is 0 Å². The van der Waals surface area contributed by atoms with Gasteiger partial charge in [-0.1, -0.05) is 12.2 Å². The number of rotatable bonds is 4. The molecular weight excluding hydrogens is 301 g/mol. The van der Waals surface area contributed by atoms with E-state index in [1.165, 1.54) is 6.07 Å². The molecule has 0 radical (unpaired) electrons. The van der Waals surface area contributed by atoms with Gasteiger partial charge in [-0.3, -0.25) is 0 Å². The van der Waals surface area contributed by atoms with Gasteiger partial charge in [-0.2, -0.15) is 13.2 Å². The molecule has 1 heterocycles. The molecule has 1 saturated heterocycles. The first kappa shape index (κ1) is 16.0. The van der Waals surface area contributed by atoms with Crippen LogP contribution >= 0.6 is 12.2 Å². The summed E-state index contributed by atoms with van der Waals surface area (Å²) < 4.78 is 43.9. The maximum atomic E-state index is 12.8. The van der Waals surface area contributed by atoms with Crippen molar-refractivity contribution in [3.63, 3.8) is 0 Å². The minimum absolute atomic E-state index is 0.0460. The van der Waals surface area contributed by atoms with Crippen LogP contribution in [0.5, 0.6) is 0 Å². The molecule has 7 heteroatoms. The van der Waals surface area contributed by atoms with E-state index in [9.17, 15) is 13.2 Å². The van der Waals surface area contributed by atoms with Crippen LogP contribution < -0.4 is 10.6 Å². The van der Waals surface area contributed by atoms with E-state index in [0.29, 0.717) is 12.2 Å². The van der Waals surface area contributed by atoms with Crippen LogP contribution in [0, 0.1) is 0 Å². The monoisotopic (exact) mass is 318 g/mol. The van der Waals surface area contributed by atoms with Crippen LogP contribution in [0.4, 0.5) is 18.9 Å². The van der Waals surface area contributed by atoms with Crippen molar-refractivity contribution in [3.8, 4) is 0 Å². The summed E-state index contributed by atoms with van der Waals surface area (Å²) in [6, 6.07) is 3.46. The van der Waals surface area contributed by atoms with Crippen LogP contribution in [-0.2, 0) is 10.9 Å². The first-order chi connectivity index (χ1) is 9.79. The van der Waals surface area contributed by atoms with Gasteiger partial charge in [0.25, 0.3) is 0 Å². The van der Waals surface area contributed by atoms with E-state index < -0.39 is 11.7 Å². The Balaban J connectivity index is 2.27. The van der Waals surface area contributed by atoms with Gasteiger partial charge in [0, 0.05) is 31.5 Å². The molecule has 116 valence electrons. The summed E-state index contributed by atoms with van der Waals surface area (Å²) in [6.45, 7) is 1.33. The fourth-order valence-electron chi connectivity index (χ4n) is 2.43. The number of hydrogen-bond donors (Lipinski definition) is 1. The maximum Gasteiger partial charge on any atom is 0.416 e. The molecule has 0 spiro atoms. The Hall–Kier alpha value is -1.34. The Morgan fingerprint density at radius 3 is 2.71 bits per heavy atom. The molecule has 2 N–H and O–H groups in total. The average molecular weight is 318 g/mol. The Labute approximate surface area is 126 Å². The highest BCUT2D eigenvalue weighted by Crippen LogP contribution is 2.33. The number of thiocarbonyl (C=S) groups is 1. The number of hydrogen-bond acceptors (Lipinski definition) is 3. The number of halogens is 3. The molecule has 3 nitrogen and oxygen atoms in total. The van der Waals surface area contributed by atoms with Gasteiger partial charge in [-0.25, -0.2) is 0 Å². The van der Waals surface area contributed by atoms with Crippen molar-refractivity contribution in [2.75, 3.05) is 25.1 Å². The molecular formula is C14H17F3N2OS. The summed E-state index contributed by atoms with van der Waals surface area (Å²) in [7, 11) is 1.80. The van der Waals surface area contributed by atoms with E-state index in [1.54, 1.807) is 7.05 Å². The highest BCUT2D eigenvalue weighted by Gasteiger charge is 2.31. The summed E-state index contributed by atoms with van der Waals surface area (Å²) >= 11 is 4.89. The van der Waals surface area contributed by atoms with E-state index >= 15 is 0 Å². The average Bonchev–Trinajstić information content (AvgIpc) is 2.89. The van der Waals surface area contributed by atoms with Crippen LogP contribution in [0.3, 0.4) is 0 Å². The summed E-state index contributed by atoms with van der Waals surface area (Å²) in [5, 5.41) is 0. The van der Waals surface area contributed by atoms with Crippen molar-refractivity contribution in [2.45, 2.75) is 25.1 Å². The van der Waals surface area contributed by atoms with Crippen LogP contribution in [-0.4, -0.2) is 31.3 Å². The Morgan fingerprint density at radius 1 is 1.48 bits per heavy atom. The number of alkyl halides is 3. The highest BCUT2D eigenvalue weighted by molar-refractivity contribution is 7.80. The molecule has 1 aromatic carbocycles. The van der Waals surface area contributed by atoms with Gasteiger partial charge in [-0.15, -0.1) is 0 Å². The number of nitrogens with zero attached hydrogens (tertiary/aromatic N) is 1. The third kappa shape index (κ3) is 3.85. The normalized spacial score (nSPS) is 18.8. The van der Waals surface area contributed by atoms with Crippen molar-refractivity contribution in [1.82, 2.24) is 0 Å². The van der Waals surface area contributed by atoms with E-state index in [1.807, 2.05) is 4.90 Å². The Kier molecular flexibility index (Phi) is 4.73. The highest BCUT2D eigenvalue weighted by atomic mass is 32.1. The van der Waals surface area contributed by atoms with Gasteiger partial charge >= 0.3 is 6.18 Å². The second-order valence-electron chi connectivity index (χ2n) is 5.11. The van der Waals surface area contributed by atoms with Crippen LogP contribution in [0.2, 0.25) is 0 Å². The summed E-state index contributed by atoms with van der Waals surface area (Å²) in [4.78, 5) is 1.79. The Bertz CT molecular complexity index is 527. The second kappa shape index (κ2) is 6.19.